The summed E-state index contributed by atoms with van der Waals surface area (Å²) in [5.74, 6) is -0.341. The van der Waals surface area contributed by atoms with E-state index >= 15 is 0 Å². The molecule has 0 saturated carbocycles. The van der Waals surface area contributed by atoms with Crippen molar-refractivity contribution in [2.45, 2.75) is 20.0 Å². The van der Waals surface area contributed by atoms with Gasteiger partial charge in [-0.05, 0) is 37.1 Å². The highest BCUT2D eigenvalue weighted by molar-refractivity contribution is 5.96. The Hall–Kier alpha value is -3.55. The Morgan fingerprint density at radius 2 is 1.73 bits per heavy atom. The molecule has 0 saturated heterocycles. The molecule has 1 atom stereocenters. The quantitative estimate of drug-likeness (QED) is 0.668. The molecule has 0 spiro atoms. The second kappa shape index (κ2) is 9.30. The van der Waals surface area contributed by atoms with Gasteiger partial charge in [0.2, 0.25) is 11.8 Å². The third kappa shape index (κ3) is 4.89. The molecule has 2 aromatic rings. The highest BCUT2D eigenvalue weighted by Gasteiger charge is 2.31. The molecule has 0 radical (unpaired) electrons. The van der Waals surface area contributed by atoms with Crippen LogP contribution >= 0.6 is 0 Å². The van der Waals surface area contributed by atoms with Crippen molar-refractivity contribution in [3.63, 3.8) is 0 Å². The summed E-state index contributed by atoms with van der Waals surface area (Å²) in [4.78, 5) is 38.6. The molecule has 0 bridgehead atoms. The van der Waals surface area contributed by atoms with Crippen molar-refractivity contribution in [2.24, 2.45) is 0 Å². The first-order valence-electron chi connectivity index (χ1n) is 9.74. The molecule has 2 aromatic carbocycles. The highest BCUT2D eigenvalue weighted by atomic mass is 16.5. The topological polar surface area (TPSA) is 99.8 Å². The van der Waals surface area contributed by atoms with Crippen LogP contribution in [0.1, 0.15) is 11.1 Å². The second-order valence-electron chi connectivity index (χ2n) is 7.16. The van der Waals surface area contributed by atoms with Gasteiger partial charge in [0.25, 0.3) is 5.91 Å². The molecule has 1 heterocycles. The van der Waals surface area contributed by atoms with Gasteiger partial charge in [0.15, 0.2) is 6.10 Å². The van der Waals surface area contributed by atoms with Gasteiger partial charge in [-0.15, -0.1) is 0 Å². The van der Waals surface area contributed by atoms with E-state index < -0.39 is 6.10 Å². The van der Waals surface area contributed by atoms with Crippen molar-refractivity contribution in [3.8, 4) is 5.75 Å². The molecule has 1 aliphatic heterocycles. The monoisotopic (exact) mass is 410 g/mol. The zero-order chi connectivity index (χ0) is 21.7. The average molecular weight is 410 g/mol. The van der Waals surface area contributed by atoms with Crippen LogP contribution in [0.2, 0.25) is 0 Å². The summed E-state index contributed by atoms with van der Waals surface area (Å²) in [5.41, 5.74) is 3.40. The number of aryl methyl sites for hydroxylation is 2. The number of amides is 3. The van der Waals surface area contributed by atoms with E-state index in [-0.39, 0.29) is 37.4 Å². The van der Waals surface area contributed by atoms with Crippen molar-refractivity contribution in [1.82, 2.24) is 10.6 Å². The van der Waals surface area contributed by atoms with E-state index in [9.17, 15) is 14.4 Å². The Balaban J connectivity index is 1.60. The molecule has 0 fully saturated rings. The molecule has 0 aliphatic carbocycles. The number of benzene rings is 2. The molecule has 30 heavy (non-hydrogen) atoms. The van der Waals surface area contributed by atoms with Gasteiger partial charge >= 0.3 is 0 Å². The molecule has 3 amide bonds. The maximum absolute atomic E-state index is 12.5. The lowest BCUT2D eigenvalue weighted by atomic mass is 10.1. The fourth-order valence-electron chi connectivity index (χ4n) is 3.36. The first-order chi connectivity index (χ1) is 14.4. The summed E-state index contributed by atoms with van der Waals surface area (Å²) < 4.78 is 5.73. The van der Waals surface area contributed by atoms with Crippen LogP contribution in [0.3, 0.4) is 0 Å². The van der Waals surface area contributed by atoms with Gasteiger partial charge in [-0.2, -0.15) is 0 Å². The summed E-state index contributed by atoms with van der Waals surface area (Å²) in [6.45, 7) is 3.93. The predicted octanol–water partition coefficient (Wildman–Crippen LogP) is 1.37. The largest absolute Gasteiger partial charge is 0.477 e. The van der Waals surface area contributed by atoms with Crippen LogP contribution in [0, 0.1) is 13.8 Å². The Morgan fingerprint density at radius 1 is 1.03 bits per heavy atom. The number of rotatable bonds is 6. The Labute approximate surface area is 175 Å². The molecular weight excluding hydrogens is 384 g/mol. The number of likely N-dealkylation sites (N-methyl/N-ethyl adjacent to an activating group) is 1. The van der Waals surface area contributed by atoms with E-state index in [1.165, 1.54) is 7.05 Å². The zero-order valence-corrected chi connectivity index (χ0v) is 17.3. The fourth-order valence-corrected chi connectivity index (χ4v) is 3.36. The standard InChI is InChI=1S/C22H26N4O4/c1-14-7-6-8-15(2)21(14)25-19(27)11-24-20(28)13-26-12-18(22(29)23-3)30-17-10-5-4-9-16(17)26/h4-10,18H,11-13H2,1-3H3,(H,23,29)(H,24,28)(H,25,27). The molecule has 3 N–H and O–H groups in total. The summed E-state index contributed by atoms with van der Waals surface area (Å²) in [6.07, 6.45) is -0.718. The van der Waals surface area contributed by atoms with Gasteiger partial charge in [0, 0.05) is 12.7 Å². The smallest absolute Gasteiger partial charge is 0.262 e. The fraction of sp³-hybridized carbons (Fsp3) is 0.318. The number of ether oxygens (including phenoxy) is 1. The van der Waals surface area contributed by atoms with Gasteiger partial charge in [-0.3, -0.25) is 14.4 Å². The Bertz CT molecular complexity index is 940. The molecular formula is C22H26N4O4. The number of nitrogens with one attached hydrogen (secondary N) is 3. The maximum atomic E-state index is 12.5. The SMILES string of the molecule is CNC(=O)C1CN(CC(=O)NCC(=O)Nc2c(C)cccc2C)c2ccccc2O1. The number of fused-ring (bicyclic) bond motifs is 1. The lowest BCUT2D eigenvalue weighted by Gasteiger charge is -2.34. The first kappa shape index (κ1) is 21.2. The summed E-state index contributed by atoms with van der Waals surface area (Å²) in [6, 6.07) is 13.0. The number of hydrogen-bond donors (Lipinski definition) is 3. The summed E-state index contributed by atoms with van der Waals surface area (Å²) in [7, 11) is 1.54. The highest BCUT2D eigenvalue weighted by Crippen LogP contribution is 2.32. The van der Waals surface area contributed by atoms with E-state index in [4.69, 9.17) is 4.74 Å². The van der Waals surface area contributed by atoms with Gasteiger partial charge < -0.3 is 25.6 Å². The second-order valence-corrected chi connectivity index (χ2v) is 7.16. The van der Waals surface area contributed by atoms with E-state index in [2.05, 4.69) is 16.0 Å². The third-order valence-electron chi connectivity index (χ3n) is 4.93. The summed E-state index contributed by atoms with van der Waals surface area (Å²) in [5, 5.41) is 8.05. The molecule has 8 heteroatoms. The van der Waals surface area contributed by atoms with Crippen LogP contribution in [-0.4, -0.2) is 50.5 Å². The number of hydrogen-bond acceptors (Lipinski definition) is 5. The first-order valence-corrected chi connectivity index (χ1v) is 9.74. The van der Waals surface area contributed by atoms with Crippen LogP contribution in [0.5, 0.6) is 5.75 Å². The Morgan fingerprint density at radius 3 is 2.43 bits per heavy atom. The zero-order valence-electron chi connectivity index (χ0n) is 17.3. The van der Waals surface area contributed by atoms with Crippen LogP contribution in [0.4, 0.5) is 11.4 Å². The van der Waals surface area contributed by atoms with Gasteiger partial charge in [0.05, 0.1) is 25.3 Å². The molecule has 1 aliphatic rings. The third-order valence-corrected chi connectivity index (χ3v) is 4.93. The van der Waals surface area contributed by atoms with Crippen molar-refractivity contribution in [3.05, 3.63) is 53.6 Å². The molecule has 0 aromatic heterocycles. The van der Waals surface area contributed by atoms with Crippen LogP contribution in [0.15, 0.2) is 42.5 Å². The predicted molar refractivity (Wildman–Crippen MR) is 115 cm³/mol. The van der Waals surface area contributed by atoms with Crippen molar-refractivity contribution in [1.29, 1.82) is 0 Å². The average Bonchev–Trinajstić information content (AvgIpc) is 2.74. The van der Waals surface area contributed by atoms with Crippen molar-refractivity contribution in [2.75, 3.05) is 36.9 Å². The maximum Gasteiger partial charge on any atom is 0.262 e. The summed E-state index contributed by atoms with van der Waals surface area (Å²) >= 11 is 0. The minimum Gasteiger partial charge on any atom is -0.477 e. The van der Waals surface area contributed by atoms with Crippen LogP contribution in [-0.2, 0) is 14.4 Å². The number of para-hydroxylation sites is 3. The number of carbonyl (C=O) groups is 3. The number of anilines is 2. The van der Waals surface area contributed by atoms with Gasteiger partial charge in [-0.25, -0.2) is 0 Å². The van der Waals surface area contributed by atoms with Crippen molar-refractivity contribution >= 4 is 29.1 Å². The van der Waals surface area contributed by atoms with E-state index in [0.717, 1.165) is 22.5 Å². The minimum absolute atomic E-state index is 0.00450. The molecule has 8 nitrogen and oxygen atoms in total. The normalized spacial score (nSPS) is 14.9. The van der Waals surface area contributed by atoms with E-state index in [0.29, 0.717) is 5.75 Å². The molecule has 3 rings (SSSR count). The molecule has 158 valence electrons. The number of nitrogens with zero attached hydrogens (tertiary/aromatic N) is 1. The molecule has 1 unspecified atom stereocenters. The lowest BCUT2D eigenvalue weighted by Crippen LogP contribution is -2.51. The van der Waals surface area contributed by atoms with Gasteiger partial charge in [0.1, 0.15) is 5.75 Å². The van der Waals surface area contributed by atoms with E-state index in [1.807, 2.05) is 44.2 Å². The minimum atomic E-state index is -0.718. The van der Waals surface area contributed by atoms with Crippen LogP contribution in [0.25, 0.3) is 0 Å². The van der Waals surface area contributed by atoms with Crippen LogP contribution < -0.4 is 25.6 Å². The number of carbonyl (C=O) groups excluding carboxylic acids is 3. The lowest BCUT2D eigenvalue weighted by molar-refractivity contribution is -0.127. The van der Waals surface area contributed by atoms with Crippen molar-refractivity contribution < 1.29 is 19.1 Å². The van der Waals surface area contributed by atoms with Gasteiger partial charge in [-0.1, -0.05) is 30.3 Å². The van der Waals surface area contributed by atoms with E-state index in [1.54, 1.807) is 17.0 Å². The Kier molecular flexibility index (Phi) is 6.56.